The summed E-state index contributed by atoms with van der Waals surface area (Å²) in [5.41, 5.74) is 0.520. The molecule has 2 amide bonds. The molecule has 7 heteroatoms. The van der Waals surface area contributed by atoms with Crippen LogP contribution in [0.5, 0.6) is 5.75 Å². The van der Waals surface area contributed by atoms with Crippen LogP contribution < -0.4 is 15.4 Å². The lowest BCUT2D eigenvalue weighted by atomic mass is 9.72. The monoisotopic (exact) mass is 343 g/mol. The van der Waals surface area contributed by atoms with E-state index in [1.54, 1.807) is 18.1 Å². The maximum Gasteiger partial charge on any atom is 0.322 e. The number of nitrogens with one attached hydrogen (secondary N) is 2. The van der Waals surface area contributed by atoms with Crippen LogP contribution in [0.3, 0.4) is 0 Å². The van der Waals surface area contributed by atoms with E-state index in [1.165, 1.54) is 0 Å². The summed E-state index contributed by atoms with van der Waals surface area (Å²) >= 11 is 0. The molecule has 7 nitrogen and oxygen atoms in total. The van der Waals surface area contributed by atoms with Crippen molar-refractivity contribution in [3.05, 3.63) is 36.2 Å². The number of amides is 2. The zero-order chi connectivity index (χ0) is 18.1. The molecule has 1 fully saturated rings. The molecular weight excluding hydrogens is 318 g/mol. The fourth-order valence-electron chi connectivity index (χ4n) is 2.93. The molecule has 0 spiro atoms. The molecule has 2 aromatic rings. The number of ether oxygens (including phenoxy) is 1. The number of hydrogen-bond acceptors (Lipinski definition) is 4. The zero-order valence-electron chi connectivity index (χ0n) is 15.2. The lowest BCUT2D eigenvalue weighted by Crippen LogP contribution is -2.52. The Balaban J connectivity index is 1.71. The highest BCUT2D eigenvalue weighted by Gasteiger charge is 2.40. The molecule has 1 saturated carbocycles. The summed E-state index contributed by atoms with van der Waals surface area (Å²) < 4.78 is 7.03. The number of hydrogen-bond donors (Lipinski definition) is 2. The summed E-state index contributed by atoms with van der Waals surface area (Å²) in [7, 11) is 1.64. The van der Waals surface area contributed by atoms with Crippen molar-refractivity contribution in [3.8, 4) is 5.75 Å². The number of rotatable bonds is 4. The highest BCUT2D eigenvalue weighted by Crippen LogP contribution is 2.42. The van der Waals surface area contributed by atoms with Crippen molar-refractivity contribution < 1.29 is 9.53 Å². The predicted molar refractivity (Wildman–Crippen MR) is 95.7 cm³/mol. The number of carbonyl (C=O) groups is 1. The van der Waals surface area contributed by atoms with Gasteiger partial charge in [0.2, 0.25) is 5.95 Å². The Kier molecular flexibility index (Phi) is 4.41. The number of urea groups is 1. The van der Waals surface area contributed by atoms with Crippen molar-refractivity contribution in [2.75, 3.05) is 12.4 Å². The molecule has 0 unspecified atom stereocenters. The maximum absolute atomic E-state index is 12.5. The first-order valence-corrected chi connectivity index (χ1v) is 8.48. The fraction of sp³-hybridized carbons (Fsp3) is 0.500. The normalized spacial score (nSPS) is 16.0. The van der Waals surface area contributed by atoms with Gasteiger partial charge in [-0.2, -0.15) is 0 Å². The number of aromatic nitrogens is 3. The van der Waals surface area contributed by atoms with Gasteiger partial charge >= 0.3 is 6.03 Å². The summed E-state index contributed by atoms with van der Waals surface area (Å²) in [6.45, 7) is 6.08. The molecule has 1 aromatic carbocycles. The molecule has 1 aliphatic rings. The second-order valence-electron chi connectivity index (χ2n) is 7.43. The minimum atomic E-state index is -0.356. The minimum Gasteiger partial charge on any atom is -0.497 e. The van der Waals surface area contributed by atoms with Gasteiger partial charge in [0.1, 0.15) is 12.1 Å². The lowest BCUT2D eigenvalue weighted by molar-refractivity contribution is 0.184. The Morgan fingerprint density at radius 1 is 1.32 bits per heavy atom. The van der Waals surface area contributed by atoms with Crippen LogP contribution >= 0.6 is 0 Å². The molecule has 0 bridgehead atoms. The number of carbonyl (C=O) groups excluding carboxylic acids is 1. The van der Waals surface area contributed by atoms with Crippen molar-refractivity contribution >= 4 is 12.0 Å². The van der Waals surface area contributed by atoms with Crippen molar-refractivity contribution in [2.24, 2.45) is 0 Å². The first-order valence-electron chi connectivity index (χ1n) is 8.48. The van der Waals surface area contributed by atoms with Crippen LogP contribution in [0, 0.1) is 0 Å². The molecule has 0 atom stereocenters. The fourth-order valence-corrected chi connectivity index (χ4v) is 2.93. The average Bonchev–Trinajstić information content (AvgIpc) is 2.99. The number of methoxy groups -OCH3 is 1. The van der Waals surface area contributed by atoms with E-state index < -0.39 is 0 Å². The van der Waals surface area contributed by atoms with Gasteiger partial charge in [-0.1, -0.05) is 12.1 Å². The third kappa shape index (κ3) is 3.60. The highest BCUT2D eigenvalue weighted by molar-refractivity contribution is 5.88. The van der Waals surface area contributed by atoms with Gasteiger partial charge in [0.25, 0.3) is 0 Å². The summed E-state index contributed by atoms with van der Waals surface area (Å²) in [5.74, 6) is 1.09. The van der Waals surface area contributed by atoms with Crippen LogP contribution in [0.1, 0.15) is 45.6 Å². The Hall–Kier alpha value is -2.57. The molecule has 25 heavy (non-hydrogen) atoms. The summed E-state index contributed by atoms with van der Waals surface area (Å²) in [4.78, 5) is 16.6. The van der Waals surface area contributed by atoms with Gasteiger partial charge in [0.05, 0.1) is 18.2 Å². The largest absolute Gasteiger partial charge is 0.497 e. The Labute approximate surface area is 147 Å². The summed E-state index contributed by atoms with van der Waals surface area (Å²) in [5, 5.41) is 10.1. The second-order valence-corrected chi connectivity index (χ2v) is 7.43. The van der Waals surface area contributed by atoms with Crippen LogP contribution in [0.25, 0.3) is 0 Å². The number of nitrogens with zero attached hydrogens (tertiary/aromatic N) is 3. The SMILES string of the molecule is COc1cccc(C2(NC(=O)Nc3ncn(C(C)(C)C)n3)CCC2)c1. The topological polar surface area (TPSA) is 81.1 Å². The molecule has 0 saturated heterocycles. The van der Waals surface area contributed by atoms with Crippen LogP contribution in [0.2, 0.25) is 0 Å². The van der Waals surface area contributed by atoms with Gasteiger partial charge in [-0.3, -0.25) is 5.32 Å². The first kappa shape index (κ1) is 17.3. The predicted octanol–water partition coefficient (Wildman–Crippen LogP) is 3.24. The lowest BCUT2D eigenvalue weighted by Gasteiger charge is -2.43. The Bertz CT molecular complexity index is 759. The third-order valence-corrected chi connectivity index (χ3v) is 4.59. The molecule has 2 N–H and O–H groups in total. The van der Waals surface area contributed by atoms with Crippen molar-refractivity contribution in [1.29, 1.82) is 0 Å². The first-order chi connectivity index (χ1) is 11.8. The number of benzene rings is 1. The van der Waals surface area contributed by atoms with Crippen LogP contribution in [0.15, 0.2) is 30.6 Å². The van der Waals surface area contributed by atoms with Gasteiger partial charge in [-0.05, 0) is 57.7 Å². The van der Waals surface area contributed by atoms with Crippen LogP contribution in [-0.2, 0) is 11.1 Å². The number of anilines is 1. The molecule has 1 aliphatic carbocycles. The average molecular weight is 343 g/mol. The molecule has 0 radical (unpaired) electrons. The molecule has 3 rings (SSSR count). The van der Waals surface area contributed by atoms with Gasteiger partial charge in [0.15, 0.2) is 0 Å². The van der Waals surface area contributed by atoms with Gasteiger partial charge in [-0.25, -0.2) is 14.5 Å². The van der Waals surface area contributed by atoms with Crippen molar-refractivity contribution in [2.45, 2.75) is 51.1 Å². The van der Waals surface area contributed by atoms with Crippen molar-refractivity contribution in [1.82, 2.24) is 20.1 Å². The van der Waals surface area contributed by atoms with E-state index >= 15 is 0 Å². The second kappa shape index (κ2) is 6.38. The third-order valence-electron chi connectivity index (χ3n) is 4.59. The van der Waals surface area contributed by atoms with E-state index in [0.29, 0.717) is 5.95 Å². The summed E-state index contributed by atoms with van der Waals surface area (Å²) in [6.07, 6.45) is 4.50. The Morgan fingerprint density at radius 2 is 2.08 bits per heavy atom. The molecular formula is C18H25N5O2. The minimum absolute atomic E-state index is 0.181. The smallest absolute Gasteiger partial charge is 0.322 e. The van der Waals surface area contributed by atoms with E-state index in [2.05, 4.69) is 20.7 Å². The van der Waals surface area contributed by atoms with E-state index in [0.717, 1.165) is 30.6 Å². The Morgan fingerprint density at radius 3 is 2.64 bits per heavy atom. The molecule has 134 valence electrons. The molecule has 1 aromatic heterocycles. The van der Waals surface area contributed by atoms with Crippen molar-refractivity contribution in [3.63, 3.8) is 0 Å². The van der Waals surface area contributed by atoms with Gasteiger partial charge in [0, 0.05) is 0 Å². The molecule has 0 aliphatic heterocycles. The van der Waals surface area contributed by atoms with Gasteiger partial charge < -0.3 is 10.1 Å². The van der Waals surface area contributed by atoms with E-state index in [4.69, 9.17) is 4.74 Å². The zero-order valence-corrected chi connectivity index (χ0v) is 15.2. The summed E-state index contributed by atoms with van der Waals surface area (Å²) in [6, 6.07) is 7.55. The van der Waals surface area contributed by atoms with Crippen LogP contribution in [0.4, 0.5) is 10.7 Å². The molecule has 1 heterocycles. The highest BCUT2D eigenvalue weighted by atomic mass is 16.5. The standard InChI is InChI=1S/C18H25N5O2/c1-17(2,3)23-12-19-15(22-23)20-16(24)21-18(9-6-10-18)13-7-5-8-14(11-13)25-4/h5,7-8,11-12H,6,9-10H2,1-4H3,(H2,20,21,22,24). The van der Waals surface area contributed by atoms with E-state index in [9.17, 15) is 4.79 Å². The van der Waals surface area contributed by atoms with Crippen LogP contribution in [-0.4, -0.2) is 27.9 Å². The quantitative estimate of drug-likeness (QED) is 0.893. The maximum atomic E-state index is 12.5. The van der Waals surface area contributed by atoms with E-state index in [-0.39, 0.29) is 17.1 Å². The van der Waals surface area contributed by atoms with E-state index in [1.807, 2.05) is 45.0 Å². The van der Waals surface area contributed by atoms with Gasteiger partial charge in [-0.15, -0.1) is 5.10 Å².